The summed E-state index contributed by atoms with van der Waals surface area (Å²) >= 11 is 0. The number of nitrogens with zero attached hydrogens (tertiary/aromatic N) is 3. The van der Waals surface area contributed by atoms with E-state index in [2.05, 4.69) is 24.1 Å². The highest BCUT2D eigenvalue weighted by molar-refractivity contribution is 7.86. The van der Waals surface area contributed by atoms with Crippen molar-refractivity contribution in [2.45, 2.75) is 52.4 Å². The van der Waals surface area contributed by atoms with E-state index in [0.29, 0.717) is 44.6 Å². The molecule has 0 spiro atoms. The van der Waals surface area contributed by atoms with Gasteiger partial charge in [0.2, 0.25) is 5.91 Å². The molecule has 3 saturated heterocycles. The van der Waals surface area contributed by atoms with Gasteiger partial charge in [0.15, 0.2) is 0 Å². The fraction of sp³-hybridized carbons (Fsp3) is 0.950. The minimum absolute atomic E-state index is 0.0155. The molecule has 1 amide bonds. The Hall–Kier alpha value is -0.700. The van der Waals surface area contributed by atoms with Gasteiger partial charge in [-0.25, -0.2) is 0 Å². The van der Waals surface area contributed by atoms with Crippen LogP contribution in [-0.2, 0) is 15.0 Å². The lowest BCUT2D eigenvalue weighted by molar-refractivity contribution is -0.126. The summed E-state index contributed by atoms with van der Waals surface area (Å²) in [5.74, 6) is 0.563. The van der Waals surface area contributed by atoms with Gasteiger partial charge in [0, 0.05) is 32.7 Å². The molecule has 162 valence electrons. The quantitative estimate of drug-likeness (QED) is 0.641. The molecule has 3 aliphatic heterocycles. The molecular formula is C20H38N4O3S. The van der Waals surface area contributed by atoms with Crippen LogP contribution in [0.25, 0.3) is 0 Å². The highest BCUT2D eigenvalue weighted by atomic mass is 32.2. The summed E-state index contributed by atoms with van der Waals surface area (Å²) in [6.07, 6.45) is 6.14. The highest BCUT2D eigenvalue weighted by Gasteiger charge is 2.38. The smallest absolute Gasteiger partial charge is 0.282 e. The van der Waals surface area contributed by atoms with E-state index in [1.807, 2.05) is 0 Å². The van der Waals surface area contributed by atoms with E-state index in [0.717, 1.165) is 32.2 Å². The second-order valence-corrected chi connectivity index (χ2v) is 11.1. The van der Waals surface area contributed by atoms with E-state index >= 15 is 0 Å². The molecule has 3 atom stereocenters. The minimum atomic E-state index is -3.47. The Balaban J connectivity index is 1.47. The van der Waals surface area contributed by atoms with E-state index in [9.17, 15) is 13.2 Å². The topological polar surface area (TPSA) is 73.0 Å². The van der Waals surface area contributed by atoms with Crippen molar-refractivity contribution in [1.82, 2.24) is 18.8 Å². The molecule has 1 N–H and O–H groups in total. The zero-order valence-corrected chi connectivity index (χ0v) is 18.4. The third-order valence-corrected chi connectivity index (χ3v) is 8.33. The van der Waals surface area contributed by atoms with Crippen molar-refractivity contribution in [2.24, 2.45) is 17.8 Å². The number of hydrogen-bond donors (Lipinski definition) is 1. The predicted molar refractivity (Wildman–Crippen MR) is 111 cm³/mol. The third-order valence-electron chi connectivity index (χ3n) is 6.39. The van der Waals surface area contributed by atoms with Gasteiger partial charge in [-0.15, -0.1) is 0 Å². The summed E-state index contributed by atoms with van der Waals surface area (Å²) in [7, 11) is -3.47. The lowest BCUT2D eigenvalue weighted by Gasteiger charge is -2.39. The van der Waals surface area contributed by atoms with Crippen LogP contribution in [-0.4, -0.2) is 80.2 Å². The summed E-state index contributed by atoms with van der Waals surface area (Å²) in [4.78, 5) is 15.0. The fourth-order valence-electron chi connectivity index (χ4n) is 4.99. The maximum absolute atomic E-state index is 13.1. The zero-order valence-electron chi connectivity index (χ0n) is 17.6. The van der Waals surface area contributed by atoms with Gasteiger partial charge < -0.3 is 10.2 Å². The first kappa shape index (κ1) is 22.0. The van der Waals surface area contributed by atoms with E-state index in [1.54, 1.807) is 8.61 Å². The summed E-state index contributed by atoms with van der Waals surface area (Å²) in [6.45, 7) is 10.3. The van der Waals surface area contributed by atoms with Crippen molar-refractivity contribution in [2.75, 3.05) is 52.4 Å². The van der Waals surface area contributed by atoms with E-state index in [1.165, 1.54) is 25.9 Å². The first-order valence-corrected chi connectivity index (χ1v) is 12.5. The maximum Gasteiger partial charge on any atom is 0.282 e. The molecule has 3 heterocycles. The number of rotatable bonds is 7. The summed E-state index contributed by atoms with van der Waals surface area (Å²) in [5.41, 5.74) is 0. The van der Waals surface area contributed by atoms with Gasteiger partial charge in [-0.1, -0.05) is 13.8 Å². The number of nitrogens with one attached hydrogen (secondary N) is 1. The van der Waals surface area contributed by atoms with Crippen LogP contribution in [0.15, 0.2) is 0 Å². The van der Waals surface area contributed by atoms with Gasteiger partial charge in [-0.05, 0) is 70.0 Å². The summed E-state index contributed by atoms with van der Waals surface area (Å²) < 4.78 is 29.4. The van der Waals surface area contributed by atoms with E-state index in [4.69, 9.17) is 0 Å². The Morgan fingerprint density at radius 1 is 0.964 bits per heavy atom. The second-order valence-electron chi connectivity index (χ2n) is 9.16. The van der Waals surface area contributed by atoms with Crippen molar-refractivity contribution in [3.63, 3.8) is 0 Å². The minimum Gasteiger partial charge on any atom is -0.356 e. The van der Waals surface area contributed by atoms with Crippen molar-refractivity contribution < 1.29 is 13.2 Å². The SMILES string of the molecule is C[C@@H]1C[C@H](C)CN(S(=O)(=O)N2CCC[C@@H](C(=O)NCCCN3CCCC3)C2)C1. The molecule has 0 saturated carbocycles. The number of amides is 1. The Bertz CT molecular complexity index is 611. The van der Waals surface area contributed by atoms with Crippen LogP contribution >= 0.6 is 0 Å². The van der Waals surface area contributed by atoms with Crippen molar-refractivity contribution in [3.8, 4) is 0 Å². The van der Waals surface area contributed by atoms with Gasteiger partial charge in [-0.2, -0.15) is 17.0 Å². The monoisotopic (exact) mass is 414 g/mol. The molecule has 0 unspecified atom stereocenters. The number of carbonyl (C=O) groups is 1. The van der Waals surface area contributed by atoms with Gasteiger partial charge in [0.25, 0.3) is 10.2 Å². The van der Waals surface area contributed by atoms with Gasteiger partial charge >= 0.3 is 0 Å². The number of hydrogen-bond acceptors (Lipinski definition) is 4. The molecule has 8 heteroatoms. The average molecular weight is 415 g/mol. The standard InChI is InChI=1S/C20H38N4O3S/c1-17-13-18(2)15-24(14-17)28(26,27)23-12-5-7-19(16-23)20(25)21-8-6-11-22-9-3-4-10-22/h17-19H,3-16H2,1-2H3,(H,21,25)/t17-,18+,19-/m1/s1. The number of piperidine rings is 2. The average Bonchev–Trinajstić information content (AvgIpc) is 3.18. The molecule has 0 radical (unpaired) electrons. The Morgan fingerprint density at radius 2 is 1.64 bits per heavy atom. The molecule has 3 aliphatic rings. The molecule has 0 aliphatic carbocycles. The zero-order chi connectivity index (χ0) is 20.1. The van der Waals surface area contributed by atoms with E-state index < -0.39 is 10.2 Å². The molecule has 0 aromatic rings. The molecular weight excluding hydrogens is 376 g/mol. The van der Waals surface area contributed by atoms with Crippen LogP contribution in [0, 0.1) is 17.8 Å². The van der Waals surface area contributed by atoms with Crippen LogP contribution in [0.1, 0.15) is 52.4 Å². The first-order chi connectivity index (χ1) is 13.4. The third kappa shape index (κ3) is 5.68. The molecule has 3 rings (SSSR count). The second kappa shape index (κ2) is 9.87. The Kier molecular flexibility index (Phi) is 7.75. The van der Waals surface area contributed by atoms with Crippen molar-refractivity contribution in [1.29, 1.82) is 0 Å². The lowest BCUT2D eigenvalue weighted by atomic mass is 9.94. The molecule has 0 aromatic carbocycles. The van der Waals surface area contributed by atoms with Gasteiger partial charge in [-0.3, -0.25) is 4.79 Å². The van der Waals surface area contributed by atoms with Crippen molar-refractivity contribution >= 4 is 16.1 Å². The van der Waals surface area contributed by atoms with Crippen LogP contribution in [0.4, 0.5) is 0 Å². The van der Waals surface area contributed by atoms with Crippen molar-refractivity contribution in [3.05, 3.63) is 0 Å². The normalized spacial score (nSPS) is 31.1. The summed E-state index contributed by atoms with van der Waals surface area (Å²) in [6, 6.07) is 0. The van der Waals surface area contributed by atoms with Gasteiger partial charge in [0.1, 0.15) is 0 Å². The van der Waals surface area contributed by atoms with Crippen LogP contribution in [0.5, 0.6) is 0 Å². The number of likely N-dealkylation sites (tertiary alicyclic amines) is 1. The lowest BCUT2D eigenvalue weighted by Crippen LogP contribution is -2.53. The van der Waals surface area contributed by atoms with Crippen LogP contribution in [0.2, 0.25) is 0 Å². The summed E-state index contributed by atoms with van der Waals surface area (Å²) in [5, 5.41) is 3.04. The largest absolute Gasteiger partial charge is 0.356 e. The van der Waals surface area contributed by atoms with E-state index in [-0.39, 0.29) is 11.8 Å². The van der Waals surface area contributed by atoms with Crippen LogP contribution < -0.4 is 5.32 Å². The predicted octanol–water partition coefficient (Wildman–Crippen LogP) is 1.52. The first-order valence-electron chi connectivity index (χ1n) is 11.1. The molecule has 3 fully saturated rings. The maximum atomic E-state index is 13.1. The number of carbonyl (C=O) groups excluding carboxylic acids is 1. The fourth-order valence-corrected chi connectivity index (χ4v) is 6.93. The molecule has 7 nitrogen and oxygen atoms in total. The van der Waals surface area contributed by atoms with Gasteiger partial charge in [0.05, 0.1) is 5.92 Å². The Morgan fingerprint density at radius 3 is 2.32 bits per heavy atom. The molecule has 0 aromatic heterocycles. The Labute approximate surface area is 171 Å². The van der Waals surface area contributed by atoms with Crippen LogP contribution in [0.3, 0.4) is 0 Å². The molecule has 28 heavy (non-hydrogen) atoms. The molecule has 0 bridgehead atoms. The highest BCUT2D eigenvalue weighted by Crippen LogP contribution is 2.27.